The van der Waals surface area contributed by atoms with Crippen LogP contribution >= 0.6 is 23.2 Å². The molecule has 1 heterocycles. The van der Waals surface area contributed by atoms with E-state index in [1.54, 1.807) is 6.92 Å². The number of carbonyl (C=O) groups is 2. The first-order valence-electron chi connectivity index (χ1n) is 7.26. The van der Waals surface area contributed by atoms with Crippen molar-refractivity contribution in [3.8, 4) is 0 Å². The molecule has 22 heavy (non-hydrogen) atoms. The van der Waals surface area contributed by atoms with Crippen molar-refractivity contribution in [1.82, 2.24) is 4.98 Å². The fraction of sp³-hybridized carbons (Fsp3) is 0.533. The van der Waals surface area contributed by atoms with E-state index in [1.165, 1.54) is 6.20 Å². The number of nitrogens with zero attached hydrogens (tertiary/aromatic N) is 1. The fourth-order valence-electron chi connectivity index (χ4n) is 2.41. The van der Waals surface area contributed by atoms with E-state index in [1.807, 2.05) is 0 Å². The van der Waals surface area contributed by atoms with Gasteiger partial charge in [0, 0.05) is 6.20 Å². The van der Waals surface area contributed by atoms with Gasteiger partial charge in [0.15, 0.2) is 12.4 Å². The van der Waals surface area contributed by atoms with E-state index in [4.69, 9.17) is 27.9 Å². The number of aromatic nitrogens is 1. The van der Waals surface area contributed by atoms with Crippen LogP contribution in [0.4, 0.5) is 5.82 Å². The maximum atomic E-state index is 11.9. The summed E-state index contributed by atoms with van der Waals surface area (Å²) in [5.74, 6) is -0.648. The van der Waals surface area contributed by atoms with E-state index >= 15 is 0 Å². The fourth-order valence-corrected chi connectivity index (χ4v) is 2.79. The monoisotopic (exact) mass is 344 g/mol. The summed E-state index contributed by atoms with van der Waals surface area (Å²) < 4.78 is 5.06. The number of nitrogens with one attached hydrogen (secondary N) is 1. The van der Waals surface area contributed by atoms with Crippen molar-refractivity contribution in [2.24, 2.45) is 5.92 Å². The summed E-state index contributed by atoms with van der Waals surface area (Å²) in [6, 6.07) is 0. The Morgan fingerprint density at radius 1 is 1.32 bits per heavy atom. The molecule has 1 fully saturated rings. The third kappa shape index (κ3) is 4.34. The van der Waals surface area contributed by atoms with Crippen molar-refractivity contribution in [3.63, 3.8) is 0 Å². The highest BCUT2D eigenvalue weighted by Gasteiger charge is 2.23. The van der Waals surface area contributed by atoms with E-state index in [-0.39, 0.29) is 29.3 Å². The molecule has 2 rings (SSSR count). The molecule has 0 spiro atoms. The van der Waals surface area contributed by atoms with Gasteiger partial charge in [0.2, 0.25) is 0 Å². The van der Waals surface area contributed by atoms with Crippen LogP contribution in [0.2, 0.25) is 10.0 Å². The second-order valence-electron chi connectivity index (χ2n) is 5.38. The lowest BCUT2D eigenvalue weighted by Crippen LogP contribution is -2.26. The van der Waals surface area contributed by atoms with Crippen molar-refractivity contribution >= 4 is 40.9 Å². The van der Waals surface area contributed by atoms with E-state index in [2.05, 4.69) is 10.3 Å². The molecule has 0 saturated heterocycles. The Bertz CT molecular complexity index is 572. The molecule has 0 unspecified atom stereocenters. The highest BCUT2D eigenvalue weighted by Crippen LogP contribution is 2.28. The molecule has 0 atom stereocenters. The molecular formula is C15H18Cl2N2O3. The third-order valence-corrected chi connectivity index (χ3v) is 4.59. The molecule has 1 N–H and O–H groups in total. The molecule has 7 heteroatoms. The first-order valence-corrected chi connectivity index (χ1v) is 8.01. The summed E-state index contributed by atoms with van der Waals surface area (Å²) in [5, 5.41) is 3.22. The van der Waals surface area contributed by atoms with Crippen molar-refractivity contribution in [2.75, 3.05) is 11.9 Å². The number of pyridine rings is 1. The topological polar surface area (TPSA) is 68.3 Å². The molecule has 0 aromatic carbocycles. The summed E-state index contributed by atoms with van der Waals surface area (Å²) >= 11 is 11.9. The molecule has 1 amide bonds. The normalized spacial score (nSPS) is 15.4. The molecule has 1 saturated carbocycles. The van der Waals surface area contributed by atoms with Crippen LogP contribution in [0.1, 0.15) is 37.7 Å². The summed E-state index contributed by atoms with van der Waals surface area (Å²) in [6.45, 7) is 1.39. The quantitative estimate of drug-likeness (QED) is 0.844. The summed E-state index contributed by atoms with van der Waals surface area (Å²) in [6.07, 6.45) is 6.32. The van der Waals surface area contributed by atoms with Crippen LogP contribution < -0.4 is 5.32 Å². The minimum Gasteiger partial charge on any atom is -0.455 e. The number of halogens is 2. The Morgan fingerprint density at radius 3 is 2.68 bits per heavy atom. The van der Waals surface area contributed by atoms with Crippen LogP contribution in [-0.4, -0.2) is 23.5 Å². The Labute approximate surface area is 139 Å². The number of carbonyl (C=O) groups excluding carboxylic acids is 2. The molecule has 1 aromatic rings. The Hall–Kier alpha value is -1.33. The maximum Gasteiger partial charge on any atom is 0.309 e. The van der Waals surface area contributed by atoms with E-state index in [0.29, 0.717) is 10.6 Å². The zero-order valence-electron chi connectivity index (χ0n) is 12.3. The second-order valence-corrected chi connectivity index (χ2v) is 6.17. The molecule has 0 aliphatic heterocycles. The number of ether oxygens (including phenoxy) is 1. The lowest BCUT2D eigenvalue weighted by atomic mass is 9.89. The van der Waals surface area contributed by atoms with Crippen molar-refractivity contribution < 1.29 is 14.3 Å². The van der Waals surface area contributed by atoms with Crippen LogP contribution in [-0.2, 0) is 14.3 Å². The van der Waals surface area contributed by atoms with Crippen LogP contribution in [0.25, 0.3) is 0 Å². The van der Waals surface area contributed by atoms with Crippen LogP contribution in [0.15, 0.2) is 6.20 Å². The Kier molecular flexibility index (Phi) is 6.03. The zero-order valence-corrected chi connectivity index (χ0v) is 13.8. The number of anilines is 1. The molecular weight excluding hydrogens is 327 g/mol. The summed E-state index contributed by atoms with van der Waals surface area (Å²) in [7, 11) is 0. The number of rotatable bonds is 4. The number of esters is 1. The molecule has 5 nitrogen and oxygen atoms in total. The number of hydrogen-bond acceptors (Lipinski definition) is 4. The second kappa shape index (κ2) is 7.79. The molecule has 1 aliphatic rings. The predicted molar refractivity (Wildman–Crippen MR) is 85.2 cm³/mol. The third-order valence-electron chi connectivity index (χ3n) is 3.74. The summed E-state index contributed by atoms with van der Waals surface area (Å²) in [5.41, 5.74) is 0.632. The molecule has 0 radical (unpaired) electrons. The Morgan fingerprint density at radius 2 is 2.00 bits per heavy atom. The van der Waals surface area contributed by atoms with Crippen molar-refractivity contribution in [2.45, 2.75) is 39.0 Å². The first kappa shape index (κ1) is 17.0. The minimum absolute atomic E-state index is 0.0824. The minimum atomic E-state index is -0.472. The van der Waals surface area contributed by atoms with Gasteiger partial charge < -0.3 is 10.1 Å². The van der Waals surface area contributed by atoms with Gasteiger partial charge in [-0.15, -0.1) is 0 Å². The van der Waals surface area contributed by atoms with Gasteiger partial charge in [0.05, 0.1) is 16.0 Å². The number of hydrogen-bond donors (Lipinski definition) is 1. The standard InChI is InChI=1S/C15H18Cl2N2O3/c1-9-11(16)7-18-14(13(9)17)19-12(20)8-22-15(21)10-5-3-2-4-6-10/h7,10H,2-6,8H2,1H3,(H,18,19,20). The predicted octanol–water partition coefficient (Wildman–Crippen LogP) is 3.76. The average Bonchev–Trinajstić information content (AvgIpc) is 2.54. The van der Waals surface area contributed by atoms with Crippen molar-refractivity contribution in [3.05, 3.63) is 21.8 Å². The van der Waals surface area contributed by atoms with Gasteiger partial charge in [-0.1, -0.05) is 42.5 Å². The van der Waals surface area contributed by atoms with Crippen molar-refractivity contribution in [1.29, 1.82) is 0 Å². The zero-order chi connectivity index (χ0) is 16.1. The molecule has 1 aromatic heterocycles. The van der Waals surface area contributed by atoms with Crippen LogP contribution in [0.3, 0.4) is 0 Å². The largest absolute Gasteiger partial charge is 0.455 e. The van der Waals surface area contributed by atoms with Gasteiger partial charge in [-0.05, 0) is 25.3 Å². The van der Waals surface area contributed by atoms with Gasteiger partial charge in [0.1, 0.15) is 0 Å². The molecule has 120 valence electrons. The molecule has 1 aliphatic carbocycles. The highest BCUT2D eigenvalue weighted by molar-refractivity contribution is 6.37. The first-order chi connectivity index (χ1) is 10.5. The van der Waals surface area contributed by atoms with Gasteiger partial charge in [-0.2, -0.15) is 0 Å². The number of amides is 1. The van der Waals surface area contributed by atoms with Gasteiger partial charge in [-0.3, -0.25) is 9.59 Å². The lowest BCUT2D eigenvalue weighted by Gasteiger charge is -2.19. The maximum absolute atomic E-state index is 11.9. The smallest absolute Gasteiger partial charge is 0.309 e. The van der Waals surface area contributed by atoms with E-state index in [9.17, 15) is 9.59 Å². The Balaban J connectivity index is 1.85. The van der Waals surface area contributed by atoms with E-state index < -0.39 is 5.91 Å². The average molecular weight is 345 g/mol. The van der Waals surface area contributed by atoms with Gasteiger partial charge in [0.25, 0.3) is 5.91 Å². The van der Waals surface area contributed by atoms with Crippen LogP contribution in [0.5, 0.6) is 0 Å². The SMILES string of the molecule is Cc1c(Cl)cnc(NC(=O)COC(=O)C2CCCCC2)c1Cl. The summed E-state index contributed by atoms with van der Waals surface area (Å²) in [4.78, 5) is 27.6. The van der Waals surface area contributed by atoms with Crippen LogP contribution in [0, 0.1) is 12.8 Å². The van der Waals surface area contributed by atoms with Gasteiger partial charge in [-0.25, -0.2) is 4.98 Å². The molecule has 0 bridgehead atoms. The highest BCUT2D eigenvalue weighted by atomic mass is 35.5. The lowest BCUT2D eigenvalue weighted by molar-refractivity contribution is -0.152. The van der Waals surface area contributed by atoms with E-state index in [0.717, 1.165) is 32.1 Å². The van der Waals surface area contributed by atoms with Gasteiger partial charge >= 0.3 is 5.97 Å².